The fourth-order valence-electron chi connectivity index (χ4n) is 5.28. The van der Waals surface area contributed by atoms with Crippen LogP contribution in [-0.4, -0.2) is 26.4 Å². The molecule has 0 radical (unpaired) electrons. The summed E-state index contributed by atoms with van der Waals surface area (Å²) in [6.07, 6.45) is 20.4. The van der Waals surface area contributed by atoms with Crippen molar-refractivity contribution in [1.82, 2.24) is 0 Å². The molecule has 29 heavy (non-hydrogen) atoms. The Morgan fingerprint density at radius 2 is 0.828 bits per heavy atom. The van der Waals surface area contributed by atoms with Gasteiger partial charge in [-0.05, 0) is 30.1 Å². The minimum Gasteiger partial charge on any atom is -0.381 e. The molecule has 0 aliphatic rings. The summed E-state index contributed by atoms with van der Waals surface area (Å²) in [6, 6.07) is 0. The molecule has 0 N–H and O–H groups in total. The summed E-state index contributed by atoms with van der Waals surface area (Å²) in [6.45, 7) is 14.2. The molecular weight excluding hydrogens is 356 g/mol. The van der Waals surface area contributed by atoms with Crippen LogP contribution in [0, 0.1) is 10.8 Å². The first kappa shape index (κ1) is 28.9. The molecule has 0 amide bonds. The molecule has 2 heteroatoms. The van der Waals surface area contributed by atoms with Crippen LogP contribution in [0.1, 0.15) is 138 Å². The minimum absolute atomic E-state index is 0.166. The van der Waals surface area contributed by atoms with Crippen LogP contribution in [0.3, 0.4) is 0 Å². The van der Waals surface area contributed by atoms with Gasteiger partial charge in [0, 0.05) is 14.2 Å². The first-order valence-electron chi connectivity index (χ1n) is 12.8. The molecule has 0 rings (SSSR count). The van der Waals surface area contributed by atoms with Gasteiger partial charge in [0.05, 0.1) is 12.2 Å². The minimum atomic E-state index is 0.166. The van der Waals surface area contributed by atoms with Gasteiger partial charge < -0.3 is 9.47 Å². The molecule has 0 saturated heterocycles. The maximum absolute atomic E-state index is 6.00. The summed E-state index contributed by atoms with van der Waals surface area (Å²) in [5.74, 6) is 0. The highest BCUT2D eigenvalue weighted by Crippen LogP contribution is 2.42. The summed E-state index contributed by atoms with van der Waals surface area (Å²) in [5, 5.41) is 0. The zero-order valence-electron chi connectivity index (χ0n) is 21.6. The highest BCUT2D eigenvalue weighted by molar-refractivity contribution is 4.89. The summed E-state index contributed by atoms with van der Waals surface area (Å²) in [7, 11) is 3.81. The van der Waals surface area contributed by atoms with Crippen molar-refractivity contribution in [2.75, 3.05) is 14.2 Å². The lowest BCUT2D eigenvalue weighted by molar-refractivity contribution is -0.0646. The maximum atomic E-state index is 6.00. The van der Waals surface area contributed by atoms with Crippen LogP contribution in [0.4, 0.5) is 0 Å². The summed E-state index contributed by atoms with van der Waals surface area (Å²) in [5.41, 5.74) is 0.332. The standard InChI is InChI=1S/C27H56O2/c1-9-11-13-15-17-19-21-24(28-7)26(3,4)23-27(5,6)25(29-8)22-20-18-16-14-12-10-2/h24-25H,9-23H2,1-8H3. The van der Waals surface area contributed by atoms with E-state index in [-0.39, 0.29) is 10.8 Å². The van der Waals surface area contributed by atoms with Gasteiger partial charge in [-0.15, -0.1) is 0 Å². The Hall–Kier alpha value is -0.0800. The third-order valence-electron chi connectivity index (χ3n) is 6.86. The molecule has 176 valence electrons. The van der Waals surface area contributed by atoms with E-state index in [1.807, 2.05) is 14.2 Å². The zero-order valence-corrected chi connectivity index (χ0v) is 21.6. The van der Waals surface area contributed by atoms with Crippen molar-refractivity contribution < 1.29 is 9.47 Å². The van der Waals surface area contributed by atoms with Crippen molar-refractivity contribution in [2.24, 2.45) is 10.8 Å². The van der Waals surface area contributed by atoms with E-state index in [0.717, 1.165) is 6.42 Å². The normalized spacial score (nSPS) is 14.9. The van der Waals surface area contributed by atoms with Gasteiger partial charge in [-0.2, -0.15) is 0 Å². The number of ether oxygens (including phenoxy) is 2. The largest absolute Gasteiger partial charge is 0.381 e. The maximum Gasteiger partial charge on any atom is 0.0622 e. The fourth-order valence-corrected chi connectivity index (χ4v) is 5.28. The van der Waals surface area contributed by atoms with E-state index in [0.29, 0.717) is 12.2 Å². The van der Waals surface area contributed by atoms with E-state index in [2.05, 4.69) is 41.5 Å². The van der Waals surface area contributed by atoms with Gasteiger partial charge in [0.1, 0.15) is 0 Å². The first-order chi connectivity index (χ1) is 13.7. The molecule has 0 spiro atoms. The Labute approximate surface area is 184 Å². The summed E-state index contributed by atoms with van der Waals surface area (Å²) >= 11 is 0. The third kappa shape index (κ3) is 13.0. The predicted octanol–water partition coefficient (Wildman–Crippen LogP) is 8.96. The average Bonchev–Trinajstić information content (AvgIpc) is 2.65. The van der Waals surface area contributed by atoms with Crippen LogP contribution in [0.25, 0.3) is 0 Å². The molecule has 0 heterocycles. The van der Waals surface area contributed by atoms with Crippen molar-refractivity contribution in [2.45, 2.75) is 150 Å². The lowest BCUT2D eigenvalue weighted by atomic mass is 9.68. The van der Waals surface area contributed by atoms with E-state index in [4.69, 9.17) is 9.47 Å². The Balaban J connectivity index is 4.53. The quantitative estimate of drug-likeness (QED) is 0.186. The fraction of sp³-hybridized carbons (Fsp3) is 1.00. The summed E-state index contributed by atoms with van der Waals surface area (Å²) in [4.78, 5) is 0. The summed E-state index contributed by atoms with van der Waals surface area (Å²) < 4.78 is 12.0. The SMILES string of the molecule is CCCCCCCCC(OC)C(C)(C)CC(C)(C)C(CCCCCCCC)OC. The van der Waals surface area contributed by atoms with Crippen molar-refractivity contribution >= 4 is 0 Å². The molecular formula is C27H56O2. The van der Waals surface area contributed by atoms with E-state index in [9.17, 15) is 0 Å². The number of methoxy groups -OCH3 is 2. The average molecular weight is 413 g/mol. The van der Waals surface area contributed by atoms with Crippen LogP contribution in [0.5, 0.6) is 0 Å². The lowest BCUT2D eigenvalue weighted by Gasteiger charge is -2.43. The van der Waals surface area contributed by atoms with Crippen LogP contribution >= 0.6 is 0 Å². The van der Waals surface area contributed by atoms with Gasteiger partial charge in [0.25, 0.3) is 0 Å². The number of hydrogen-bond acceptors (Lipinski definition) is 2. The van der Waals surface area contributed by atoms with E-state index < -0.39 is 0 Å². The monoisotopic (exact) mass is 412 g/mol. The van der Waals surface area contributed by atoms with Gasteiger partial charge in [-0.1, -0.05) is 119 Å². The molecule has 0 aromatic heterocycles. The topological polar surface area (TPSA) is 18.5 Å². The van der Waals surface area contributed by atoms with Crippen LogP contribution < -0.4 is 0 Å². The molecule has 0 bridgehead atoms. The Morgan fingerprint density at radius 1 is 0.517 bits per heavy atom. The van der Waals surface area contributed by atoms with Gasteiger partial charge in [-0.25, -0.2) is 0 Å². The molecule has 2 atom stereocenters. The van der Waals surface area contributed by atoms with Crippen molar-refractivity contribution in [3.8, 4) is 0 Å². The highest BCUT2D eigenvalue weighted by atomic mass is 16.5. The third-order valence-corrected chi connectivity index (χ3v) is 6.86. The second kappa shape index (κ2) is 16.6. The molecule has 2 unspecified atom stereocenters. The van der Waals surface area contributed by atoms with Crippen LogP contribution in [-0.2, 0) is 9.47 Å². The molecule has 0 aliphatic carbocycles. The Bertz CT molecular complexity index is 328. The first-order valence-corrected chi connectivity index (χ1v) is 12.8. The van der Waals surface area contributed by atoms with E-state index >= 15 is 0 Å². The smallest absolute Gasteiger partial charge is 0.0622 e. The van der Waals surface area contributed by atoms with E-state index in [1.165, 1.54) is 89.9 Å². The molecule has 0 fully saturated rings. The molecule has 0 aliphatic heterocycles. The number of unbranched alkanes of at least 4 members (excludes halogenated alkanes) is 10. The number of rotatable bonds is 20. The van der Waals surface area contributed by atoms with Gasteiger partial charge in [-0.3, -0.25) is 0 Å². The van der Waals surface area contributed by atoms with E-state index in [1.54, 1.807) is 0 Å². The highest BCUT2D eigenvalue weighted by Gasteiger charge is 2.39. The van der Waals surface area contributed by atoms with Crippen LogP contribution in [0.15, 0.2) is 0 Å². The second-order valence-corrected chi connectivity index (χ2v) is 10.7. The Morgan fingerprint density at radius 3 is 1.14 bits per heavy atom. The molecule has 0 aromatic carbocycles. The molecule has 2 nitrogen and oxygen atoms in total. The molecule has 0 aromatic rings. The van der Waals surface area contributed by atoms with Crippen molar-refractivity contribution in [3.05, 3.63) is 0 Å². The van der Waals surface area contributed by atoms with Crippen molar-refractivity contribution in [1.29, 1.82) is 0 Å². The molecule has 0 saturated carbocycles. The van der Waals surface area contributed by atoms with Gasteiger partial charge in [0.15, 0.2) is 0 Å². The van der Waals surface area contributed by atoms with Crippen molar-refractivity contribution in [3.63, 3.8) is 0 Å². The predicted molar refractivity (Wildman–Crippen MR) is 130 cm³/mol. The lowest BCUT2D eigenvalue weighted by Crippen LogP contribution is -2.41. The zero-order chi connectivity index (χ0) is 22.2. The Kier molecular flexibility index (Phi) is 16.5. The number of hydrogen-bond donors (Lipinski definition) is 0. The van der Waals surface area contributed by atoms with Gasteiger partial charge in [0.2, 0.25) is 0 Å². The van der Waals surface area contributed by atoms with Gasteiger partial charge >= 0.3 is 0 Å². The van der Waals surface area contributed by atoms with Crippen LogP contribution in [0.2, 0.25) is 0 Å². The second-order valence-electron chi connectivity index (χ2n) is 10.7.